The van der Waals surface area contributed by atoms with Crippen LogP contribution < -0.4 is 10.1 Å². The van der Waals surface area contributed by atoms with E-state index in [-0.39, 0.29) is 6.03 Å². The topological polar surface area (TPSA) is 53.9 Å². The lowest BCUT2D eigenvalue weighted by Gasteiger charge is -2.10. The minimum atomic E-state index is -0.341. The molecule has 1 fully saturated rings. The molecular weight excluding hydrogens is 230 g/mol. The first-order valence-corrected chi connectivity index (χ1v) is 5.93. The van der Waals surface area contributed by atoms with Crippen molar-refractivity contribution in [3.05, 3.63) is 24.3 Å². The number of likely N-dealkylation sites (tertiary alicyclic amines) is 1. The predicted molar refractivity (Wildman–Crippen MR) is 71.3 cm³/mol. The Labute approximate surface area is 106 Å². The Morgan fingerprint density at radius 3 is 3.00 bits per heavy atom. The Morgan fingerprint density at radius 1 is 1.50 bits per heavy atom. The fourth-order valence-corrected chi connectivity index (χ4v) is 1.90. The number of anilines is 1. The van der Waals surface area contributed by atoms with Crippen LogP contribution in [0.25, 0.3) is 0 Å². The van der Waals surface area contributed by atoms with Crippen LogP contribution in [0.5, 0.6) is 5.75 Å². The van der Waals surface area contributed by atoms with Crippen LogP contribution in [-0.4, -0.2) is 37.5 Å². The van der Waals surface area contributed by atoms with Gasteiger partial charge in [-0.05, 0) is 18.6 Å². The largest absolute Gasteiger partial charge is 0.497 e. The van der Waals surface area contributed by atoms with Crippen LogP contribution in [0.2, 0.25) is 0 Å². The third kappa shape index (κ3) is 3.00. The van der Waals surface area contributed by atoms with Crippen LogP contribution in [0.3, 0.4) is 0 Å². The third-order valence-electron chi connectivity index (χ3n) is 2.89. The van der Waals surface area contributed by atoms with Gasteiger partial charge in [-0.25, -0.2) is 4.79 Å². The fraction of sp³-hybridized carbons (Fsp3) is 0.385. The summed E-state index contributed by atoms with van der Waals surface area (Å²) in [4.78, 5) is 17.8. The Morgan fingerprint density at radius 2 is 2.33 bits per heavy atom. The van der Waals surface area contributed by atoms with E-state index in [1.165, 1.54) is 0 Å². The second kappa shape index (κ2) is 5.53. The summed E-state index contributed by atoms with van der Waals surface area (Å²) in [5.41, 5.74) is 0.685. The van der Waals surface area contributed by atoms with Crippen molar-refractivity contribution in [3.8, 4) is 5.75 Å². The molecule has 0 bridgehead atoms. The lowest BCUT2D eigenvalue weighted by atomic mass is 10.3. The van der Waals surface area contributed by atoms with Crippen molar-refractivity contribution in [2.75, 3.05) is 26.0 Å². The van der Waals surface area contributed by atoms with E-state index in [0.29, 0.717) is 11.4 Å². The van der Waals surface area contributed by atoms with Gasteiger partial charge in [-0.15, -0.1) is 0 Å². The smallest absolute Gasteiger partial charge is 0.347 e. The number of nitrogens with one attached hydrogen (secondary N) is 1. The summed E-state index contributed by atoms with van der Waals surface area (Å²) >= 11 is 0. The van der Waals surface area contributed by atoms with Crippen LogP contribution in [-0.2, 0) is 0 Å². The maximum absolute atomic E-state index is 11.7. The molecule has 96 valence electrons. The van der Waals surface area contributed by atoms with Gasteiger partial charge in [0.2, 0.25) is 0 Å². The van der Waals surface area contributed by atoms with Gasteiger partial charge in [0, 0.05) is 31.8 Å². The van der Waals surface area contributed by atoms with Gasteiger partial charge in [0.15, 0.2) is 0 Å². The zero-order chi connectivity index (χ0) is 13.0. The molecule has 0 radical (unpaired) electrons. The van der Waals surface area contributed by atoms with E-state index in [4.69, 9.17) is 4.74 Å². The molecule has 0 aromatic heterocycles. The highest BCUT2D eigenvalue weighted by atomic mass is 16.5. The number of hydrogen-bond donors (Lipinski definition) is 1. The fourth-order valence-electron chi connectivity index (χ4n) is 1.90. The summed E-state index contributed by atoms with van der Waals surface area (Å²) in [6.07, 6.45) is 1.92. The third-order valence-corrected chi connectivity index (χ3v) is 2.89. The summed E-state index contributed by atoms with van der Waals surface area (Å²) in [6.45, 7) is 0.964. The van der Waals surface area contributed by atoms with Crippen molar-refractivity contribution in [1.29, 1.82) is 0 Å². The maximum atomic E-state index is 11.7. The van der Waals surface area contributed by atoms with Gasteiger partial charge in [0.05, 0.1) is 7.11 Å². The second-order valence-corrected chi connectivity index (χ2v) is 4.22. The van der Waals surface area contributed by atoms with Gasteiger partial charge in [0.25, 0.3) is 0 Å². The minimum absolute atomic E-state index is 0.341. The van der Waals surface area contributed by atoms with Crippen molar-refractivity contribution in [3.63, 3.8) is 0 Å². The highest BCUT2D eigenvalue weighted by Gasteiger charge is 2.15. The van der Waals surface area contributed by atoms with Crippen molar-refractivity contribution in [1.82, 2.24) is 4.90 Å². The Bertz CT molecular complexity index is 471. The number of carbonyl (C=O) groups is 1. The van der Waals surface area contributed by atoms with Gasteiger partial charge >= 0.3 is 6.03 Å². The Hall–Kier alpha value is -2.04. The van der Waals surface area contributed by atoms with Gasteiger partial charge in [-0.3, -0.25) is 0 Å². The molecule has 2 rings (SSSR count). The number of amides is 2. The predicted octanol–water partition coefficient (Wildman–Crippen LogP) is 2.35. The summed E-state index contributed by atoms with van der Waals surface area (Å²) in [5.74, 6) is 1.55. The normalized spacial score (nSPS) is 17.0. The molecule has 0 spiro atoms. The number of rotatable bonds is 2. The molecular formula is C13H17N3O2. The van der Waals surface area contributed by atoms with Gasteiger partial charge in [-0.2, -0.15) is 4.99 Å². The SMILES string of the molecule is COc1cccc(NC(=O)/N=C2/CCCN2C)c1. The molecule has 0 atom stereocenters. The standard InChI is InChI=1S/C13H17N3O2/c1-16-8-4-7-12(16)15-13(17)14-10-5-3-6-11(9-10)18-2/h3,5-6,9H,4,7-8H2,1-2H3,(H,14,17)/b15-12-. The van der Waals surface area contributed by atoms with E-state index in [2.05, 4.69) is 10.3 Å². The molecule has 0 aliphatic carbocycles. The first kappa shape index (κ1) is 12.4. The number of methoxy groups -OCH3 is 1. The molecule has 1 aliphatic heterocycles. The van der Waals surface area contributed by atoms with Crippen LogP contribution >= 0.6 is 0 Å². The van der Waals surface area contributed by atoms with E-state index < -0.39 is 0 Å². The summed E-state index contributed by atoms with van der Waals surface area (Å²) in [6, 6.07) is 6.87. The van der Waals surface area contributed by atoms with Gasteiger partial charge in [-0.1, -0.05) is 6.07 Å². The highest BCUT2D eigenvalue weighted by Crippen LogP contribution is 2.17. The zero-order valence-electron chi connectivity index (χ0n) is 10.6. The molecule has 18 heavy (non-hydrogen) atoms. The van der Waals surface area contributed by atoms with Crippen LogP contribution in [0.1, 0.15) is 12.8 Å². The number of amidine groups is 1. The number of ether oxygens (including phenoxy) is 1. The van der Waals surface area contributed by atoms with Crippen LogP contribution in [0.4, 0.5) is 10.5 Å². The number of benzene rings is 1. The van der Waals surface area contributed by atoms with Crippen LogP contribution in [0.15, 0.2) is 29.3 Å². The van der Waals surface area contributed by atoms with E-state index in [0.717, 1.165) is 25.2 Å². The van der Waals surface area contributed by atoms with E-state index in [1.54, 1.807) is 19.2 Å². The van der Waals surface area contributed by atoms with Gasteiger partial charge in [0.1, 0.15) is 11.6 Å². The van der Waals surface area contributed by atoms with Crippen LogP contribution in [0, 0.1) is 0 Å². The number of urea groups is 1. The maximum Gasteiger partial charge on any atom is 0.347 e. The Kier molecular flexibility index (Phi) is 3.82. The number of aliphatic imine (C=N–C) groups is 1. The van der Waals surface area contributed by atoms with E-state index in [1.807, 2.05) is 24.1 Å². The number of nitrogens with zero attached hydrogens (tertiary/aromatic N) is 2. The average Bonchev–Trinajstić information content (AvgIpc) is 2.75. The molecule has 1 aliphatic rings. The molecule has 0 unspecified atom stereocenters. The molecule has 1 aromatic rings. The summed E-state index contributed by atoms with van der Waals surface area (Å²) < 4.78 is 5.09. The van der Waals surface area contributed by atoms with Crippen molar-refractivity contribution < 1.29 is 9.53 Å². The van der Waals surface area contributed by atoms with Crippen molar-refractivity contribution >= 4 is 17.6 Å². The van der Waals surface area contributed by atoms with Crippen molar-refractivity contribution in [2.24, 2.45) is 4.99 Å². The van der Waals surface area contributed by atoms with Gasteiger partial charge < -0.3 is 15.0 Å². The van der Waals surface area contributed by atoms with E-state index in [9.17, 15) is 4.79 Å². The molecule has 2 amide bonds. The van der Waals surface area contributed by atoms with Crippen molar-refractivity contribution in [2.45, 2.75) is 12.8 Å². The monoisotopic (exact) mass is 247 g/mol. The first-order chi connectivity index (χ1) is 8.69. The lowest BCUT2D eigenvalue weighted by Crippen LogP contribution is -2.21. The zero-order valence-corrected chi connectivity index (χ0v) is 10.6. The number of hydrogen-bond acceptors (Lipinski definition) is 2. The Balaban J connectivity index is 2.02. The average molecular weight is 247 g/mol. The molecule has 5 heteroatoms. The molecule has 1 saturated heterocycles. The first-order valence-electron chi connectivity index (χ1n) is 5.93. The second-order valence-electron chi connectivity index (χ2n) is 4.22. The number of carbonyl (C=O) groups excluding carboxylic acids is 1. The summed E-state index contributed by atoms with van der Waals surface area (Å²) in [7, 11) is 3.54. The summed E-state index contributed by atoms with van der Waals surface area (Å²) in [5, 5.41) is 2.73. The molecule has 5 nitrogen and oxygen atoms in total. The molecule has 0 saturated carbocycles. The minimum Gasteiger partial charge on any atom is -0.497 e. The molecule has 1 aromatic carbocycles. The quantitative estimate of drug-likeness (QED) is 0.872. The highest BCUT2D eigenvalue weighted by molar-refractivity contribution is 6.00. The van der Waals surface area contributed by atoms with E-state index >= 15 is 0 Å². The molecule has 1 heterocycles. The molecule has 1 N–H and O–H groups in total. The lowest BCUT2D eigenvalue weighted by molar-refractivity contribution is 0.259.